The summed E-state index contributed by atoms with van der Waals surface area (Å²) in [5.74, 6) is 0.0997. The topological polar surface area (TPSA) is 108 Å². The molecule has 0 spiro atoms. The lowest BCUT2D eigenvalue weighted by Crippen LogP contribution is -2.29. The summed E-state index contributed by atoms with van der Waals surface area (Å²) in [4.78, 5) is 26.7. The molecule has 0 heterocycles. The second kappa shape index (κ2) is 10.9. The van der Waals surface area contributed by atoms with Gasteiger partial charge in [0.15, 0.2) is 11.5 Å². The molecule has 8 nitrogen and oxygen atoms in total. The van der Waals surface area contributed by atoms with Crippen molar-refractivity contribution in [1.82, 2.24) is 5.32 Å². The fourth-order valence-electron chi connectivity index (χ4n) is 3.28. The Bertz CT molecular complexity index is 1180. The highest BCUT2D eigenvalue weighted by Crippen LogP contribution is 2.27. The molecule has 34 heavy (non-hydrogen) atoms. The first kappa shape index (κ1) is 24.2. The molecule has 0 fully saturated rings. The molecular formula is C26H26N2O6. The Morgan fingerprint density at radius 2 is 1.56 bits per heavy atom. The average molecular weight is 463 g/mol. The van der Waals surface area contributed by atoms with E-state index in [0.717, 1.165) is 5.56 Å². The van der Waals surface area contributed by atoms with Gasteiger partial charge in [-0.1, -0.05) is 6.07 Å². The average Bonchev–Trinajstić information content (AvgIpc) is 2.87. The first-order valence-corrected chi connectivity index (χ1v) is 10.4. The smallest absolute Gasteiger partial charge is 0.251 e. The molecule has 0 aliphatic rings. The summed E-state index contributed by atoms with van der Waals surface area (Å²) in [7, 11) is 4.65. The maximum Gasteiger partial charge on any atom is 0.251 e. The Hall–Kier alpha value is -4.46. The van der Waals surface area contributed by atoms with Crippen molar-refractivity contribution in [1.29, 1.82) is 0 Å². The summed E-state index contributed by atoms with van der Waals surface area (Å²) >= 11 is 0. The van der Waals surface area contributed by atoms with Gasteiger partial charge in [0.2, 0.25) is 0 Å². The predicted molar refractivity (Wildman–Crippen MR) is 129 cm³/mol. The van der Waals surface area contributed by atoms with Gasteiger partial charge in [0.05, 0.1) is 20.8 Å². The maximum absolute atomic E-state index is 13.2. The first-order valence-electron chi connectivity index (χ1n) is 10.4. The van der Waals surface area contributed by atoms with Crippen LogP contribution in [0.3, 0.4) is 0 Å². The molecule has 2 amide bonds. The lowest BCUT2D eigenvalue weighted by atomic mass is 10.1. The van der Waals surface area contributed by atoms with E-state index in [1.807, 2.05) is 12.1 Å². The number of amides is 2. The third kappa shape index (κ3) is 5.86. The van der Waals surface area contributed by atoms with Crippen molar-refractivity contribution in [2.45, 2.75) is 6.54 Å². The summed E-state index contributed by atoms with van der Waals surface area (Å²) in [5.41, 5.74) is 2.37. The largest absolute Gasteiger partial charge is 0.504 e. The predicted octanol–water partition coefficient (Wildman–Crippen LogP) is 3.72. The van der Waals surface area contributed by atoms with Crippen LogP contribution in [0.1, 0.15) is 21.5 Å². The van der Waals surface area contributed by atoms with Gasteiger partial charge in [-0.3, -0.25) is 9.59 Å². The van der Waals surface area contributed by atoms with E-state index in [1.165, 1.54) is 18.2 Å². The number of benzene rings is 3. The molecule has 0 aromatic heterocycles. The van der Waals surface area contributed by atoms with E-state index >= 15 is 0 Å². The van der Waals surface area contributed by atoms with Crippen molar-refractivity contribution in [2.75, 3.05) is 26.2 Å². The number of rotatable bonds is 8. The van der Waals surface area contributed by atoms with E-state index < -0.39 is 0 Å². The fourth-order valence-corrected chi connectivity index (χ4v) is 3.28. The molecular weight excluding hydrogens is 436 g/mol. The Morgan fingerprint density at radius 1 is 0.912 bits per heavy atom. The summed E-state index contributed by atoms with van der Waals surface area (Å²) in [6.07, 6.45) is 2.91. The summed E-state index contributed by atoms with van der Waals surface area (Å²) in [6, 6.07) is 16.3. The van der Waals surface area contributed by atoms with Gasteiger partial charge in [0.1, 0.15) is 11.5 Å². The molecule has 0 aliphatic heterocycles. The number of carbonyl (C=O) groups is 2. The summed E-state index contributed by atoms with van der Waals surface area (Å²) < 4.78 is 10.7. The number of nitrogens with one attached hydrogen (secondary N) is 1. The second-order valence-electron chi connectivity index (χ2n) is 7.35. The lowest BCUT2D eigenvalue weighted by Gasteiger charge is -2.22. The van der Waals surface area contributed by atoms with Crippen molar-refractivity contribution in [2.24, 2.45) is 0 Å². The number of anilines is 1. The van der Waals surface area contributed by atoms with Crippen LogP contribution < -0.4 is 19.7 Å². The van der Waals surface area contributed by atoms with E-state index in [0.29, 0.717) is 28.3 Å². The van der Waals surface area contributed by atoms with Gasteiger partial charge in [-0.2, -0.15) is 0 Å². The van der Waals surface area contributed by atoms with Gasteiger partial charge in [-0.05, 0) is 65.7 Å². The van der Waals surface area contributed by atoms with Crippen molar-refractivity contribution in [3.8, 4) is 23.0 Å². The number of methoxy groups -OCH3 is 2. The van der Waals surface area contributed by atoms with Crippen LogP contribution in [-0.4, -0.2) is 43.3 Å². The van der Waals surface area contributed by atoms with Crippen LogP contribution in [-0.2, 0) is 11.3 Å². The van der Waals surface area contributed by atoms with E-state index in [-0.39, 0.29) is 29.9 Å². The quantitative estimate of drug-likeness (QED) is 0.348. The van der Waals surface area contributed by atoms with Gasteiger partial charge < -0.3 is 29.9 Å². The summed E-state index contributed by atoms with van der Waals surface area (Å²) in [6.45, 7) is 0.205. The monoisotopic (exact) mass is 462 g/mol. The minimum atomic E-state index is -0.331. The van der Waals surface area contributed by atoms with Crippen LogP contribution in [0.2, 0.25) is 0 Å². The zero-order valence-corrected chi connectivity index (χ0v) is 19.1. The van der Waals surface area contributed by atoms with Crippen LogP contribution in [0.4, 0.5) is 5.69 Å². The van der Waals surface area contributed by atoms with Crippen LogP contribution >= 0.6 is 0 Å². The van der Waals surface area contributed by atoms with E-state index in [2.05, 4.69) is 5.32 Å². The van der Waals surface area contributed by atoms with Gasteiger partial charge in [-0.25, -0.2) is 0 Å². The SMILES string of the molecule is CNC(=O)c1ccc(N(Cc2cc(OC)cc(OC)c2)C(=O)/C=C/c2ccc(O)c(O)c2)cc1. The molecule has 0 aliphatic carbocycles. The van der Waals surface area contributed by atoms with Crippen molar-refractivity contribution < 1.29 is 29.3 Å². The molecule has 8 heteroatoms. The van der Waals surface area contributed by atoms with Gasteiger partial charge in [-0.15, -0.1) is 0 Å². The zero-order valence-electron chi connectivity index (χ0n) is 19.1. The van der Waals surface area contributed by atoms with Crippen LogP contribution in [0.25, 0.3) is 6.08 Å². The van der Waals surface area contributed by atoms with Crippen LogP contribution in [0, 0.1) is 0 Å². The standard InChI is InChI=1S/C26H26N2O6/c1-27-26(32)19-6-8-20(9-7-19)28(16-18-12-21(33-2)15-22(13-18)34-3)25(31)11-5-17-4-10-23(29)24(30)14-17/h4-15,29-30H,16H2,1-3H3,(H,27,32)/b11-5+. The molecule has 0 unspecified atom stereocenters. The molecule has 0 radical (unpaired) electrons. The number of aromatic hydroxyl groups is 2. The Kier molecular flexibility index (Phi) is 7.76. The molecule has 3 aromatic carbocycles. The number of nitrogens with zero attached hydrogens (tertiary/aromatic N) is 1. The van der Waals surface area contributed by atoms with E-state index in [9.17, 15) is 19.8 Å². The van der Waals surface area contributed by atoms with Gasteiger partial charge >= 0.3 is 0 Å². The molecule has 176 valence electrons. The molecule has 0 atom stereocenters. The maximum atomic E-state index is 13.2. The first-order chi connectivity index (χ1) is 16.3. The minimum absolute atomic E-state index is 0.205. The molecule has 3 N–H and O–H groups in total. The number of hydrogen-bond acceptors (Lipinski definition) is 6. The van der Waals surface area contributed by atoms with Crippen LogP contribution in [0.5, 0.6) is 23.0 Å². The molecule has 3 rings (SSSR count). The molecule has 3 aromatic rings. The highest BCUT2D eigenvalue weighted by Gasteiger charge is 2.16. The van der Waals surface area contributed by atoms with Gasteiger partial charge in [0.25, 0.3) is 11.8 Å². The number of hydrogen-bond donors (Lipinski definition) is 3. The normalized spacial score (nSPS) is 10.7. The Balaban J connectivity index is 1.95. The number of phenols is 2. The van der Waals surface area contributed by atoms with E-state index in [1.54, 1.807) is 68.6 Å². The molecule has 0 bridgehead atoms. The fraction of sp³-hybridized carbons (Fsp3) is 0.154. The van der Waals surface area contributed by atoms with Crippen molar-refractivity contribution in [3.63, 3.8) is 0 Å². The van der Waals surface area contributed by atoms with Crippen LogP contribution in [0.15, 0.2) is 66.7 Å². The zero-order chi connectivity index (χ0) is 24.7. The highest BCUT2D eigenvalue weighted by molar-refractivity contribution is 6.04. The Labute approximate surface area is 197 Å². The number of carbonyl (C=O) groups excluding carboxylic acids is 2. The van der Waals surface area contributed by atoms with E-state index in [4.69, 9.17) is 9.47 Å². The second-order valence-corrected chi connectivity index (χ2v) is 7.35. The van der Waals surface area contributed by atoms with Crippen molar-refractivity contribution in [3.05, 3.63) is 83.4 Å². The molecule has 0 saturated carbocycles. The van der Waals surface area contributed by atoms with Crippen molar-refractivity contribution >= 4 is 23.6 Å². The third-order valence-electron chi connectivity index (χ3n) is 5.10. The molecule has 0 saturated heterocycles. The highest BCUT2D eigenvalue weighted by atomic mass is 16.5. The number of ether oxygens (including phenoxy) is 2. The number of phenolic OH excluding ortho intramolecular Hbond substituents is 2. The minimum Gasteiger partial charge on any atom is -0.504 e. The summed E-state index contributed by atoms with van der Waals surface area (Å²) in [5, 5.41) is 21.8. The third-order valence-corrected chi connectivity index (χ3v) is 5.10. The Morgan fingerprint density at radius 3 is 2.12 bits per heavy atom. The van der Waals surface area contributed by atoms with Gasteiger partial charge in [0, 0.05) is 30.4 Å². The lowest BCUT2D eigenvalue weighted by molar-refractivity contribution is -0.114.